The fourth-order valence-electron chi connectivity index (χ4n) is 3.99. The SMILES string of the molecule is N#Cc1ccccc1C=NNC(=O)COc1ccc(-c2cc(-c3ccccc3)c3ccc(Cl)cc3n2)cc1. The van der Waals surface area contributed by atoms with Gasteiger partial charge in [0.15, 0.2) is 6.61 Å². The quantitative estimate of drug-likeness (QED) is 0.194. The van der Waals surface area contributed by atoms with Crippen LogP contribution in [-0.2, 0) is 4.79 Å². The second kappa shape index (κ2) is 11.4. The second-order valence-electron chi connectivity index (χ2n) is 8.39. The lowest BCUT2D eigenvalue weighted by Crippen LogP contribution is -2.24. The van der Waals surface area contributed by atoms with Gasteiger partial charge < -0.3 is 4.74 Å². The molecule has 7 heteroatoms. The summed E-state index contributed by atoms with van der Waals surface area (Å²) in [7, 11) is 0. The van der Waals surface area contributed by atoms with E-state index in [0.717, 1.165) is 33.3 Å². The van der Waals surface area contributed by atoms with Crippen molar-refractivity contribution in [3.05, 3.63) is 119 Å². The summed E-state index contributed by atoms with van der Waals surface area (Å²) >= 11 is 6.26. The molecule has 0 atom stereocenters. The minimum Gasteiger partial charge on any atom is -0.484 e. The number of halogens is 1. The van der Waals surface area contributed by atoms with Crippen molar-refractivity contribution in [3.8, 4) is 34.2 Å². The standard InChI is InChI=1S/C31H21ClN4O2/c32-25-12-15-27-28(21-6-2-1-3-7-21)17-29(35-30(27)16-25)22-10-13-26(14-11-22)38-20-31(37)36-34-19-24-9-5-4-8-23(24)18-33/h1-17,19H,20H2,(H,36,37). The number of nitriles is 1. The van der Waals surface area contributed by atoms with Crippen molar-refractivity contribution in [1.82, 2.24) is 10.4 Å². The van der Waals surface area contributed by atoms with E-state index in [9.17, 15) is 4.79 Å². The Bertz CT molecular complexity index is 1680. The molecule has 5 aromatic rings. The Labute approximate surface area is 224 Å². The first-order valence-electron chi connectivity index (χ1n) is 11.8. The first-order valence-corrected chi connectivity index (χ1v) is 12.2. The fraction of sp³-hybridized carbons (Fsp3) is 0.0323. The third-order valence-electron chi connectivity index (χ3n) is 5.85. The molecule has 6 nitrogen and oxygen atoms in total. The van der Waals surface area contributed by atoms with Gasteiger partial charge in [-0.1, -0.05) is 66.2 Å². The minimum atomic E-state index is -0.416. The molecule has 4 aromatic carbocycles. The number of benzene rings is 4. The molecule has 0 saturated heterocycles. The van der Waals surface area contributed by atoms with Crippen molar-refractivity contribution in [3.63, 3.8) is 0 Å². The zero-order valence-electron chi connectivity index (χ0n) is 20.1. The van der Waals surface area contributed by atoms with Crippen LogP contribution in [0, 0.1) is 11.3 Å². The number of fused-ring (bicyclic) bond motifs is 1. The van der Waals surface area contributed by atoms with Crippen molar-refractivity contribution in [2.45, 2.75) is 0 Å². The molecule has 1 amide bonds. The summed E-state index contributed by atoms with van der Waals surface area (Å²) in [6.45, 7) is -0.207. The van der Waals surface area contributed by atoms with Gasteiger partial charge in [0.1, 0.15) is 5.75 Å². The maximum atomic E-state index is 12.1. The van der Waals surface area contributed by atoms with E-state index < -0.39 is 5.91 Å². The predicted octanol–water partition coefficient (Wildman–Crippen LogP) is 6.62. The van der Waals surface area contributed by atoms with Gasteiger partial charge in [-0.25, -0.2) is 10.4 Å². The topological polar surface area (TPSA) is 87.4 Å². The van der Waals surface area contributed by atoms with Crippen LogP contribution >= 0.6 is 11.6 Å². The van der Waals surface area contributed by atoms with Crippen LogP contribution in [0.1, 0.15) is 11.1 Å². The number of carbonyl (C=O) groups is 1. The number of hydrazone groups is 1. The highest BCUT2D eigenvalue weighted by Crippen LogP contribution is 2.33. The van der Waals surface area contributed by atoms with Crippen molar-refractivity contribution in [2.24, 2.45) is 5.10 Å². The number of hydrogen-bond acceptors (Lipinski definition) is 5. The lowest BCUT2D eigenvalue weighted by molar-refractivity contribution is -0.123. The first-order chi connectivity index (χ1) is 18.6. The molecule has 0 unspecified atom stereocenters. The number of carbonyl (C=O) groups excluding carboxylic acids is 1. The van der Waals surface area contributed by atoms with Gasteiger partial charge in [0.2, 0.25) is 0 Å². The number of nitrogens with zero attached hydrogens (tertiary/aromatic N) is 3. The molecule has 0 aliphatic carbocycles. The Morgan fingerprint density at radius 3 is 2.50 bits per heavy atom. The van der Waals surface area contributed by atoms with E-state index in [1.54, 1.807) is 36.4 Å². The van der Waals surface area contributed by atoms with E-state index in [1.807, 2.05) is 48.5 Å². The Kier molecular flexibility index (Phi) is 7.39. The van der Waals surface area contributed by atoms with Crippen molar-refractivity contribution >= 4 is 34.6 Å². The molecule has 1 aromatic heterocycles. The molecule has 0 aliphatic heterocycles. The van der Waals surface area contributed by atoms with Gasteiger partial charge in [0.25, 0.3) is 5.91 Å². The maximum absolute atomic E-state index is 12.1. The normalized spacial score (nSPS) is 10.8. The molecule has 38 heavy (non-hydrogen) atoms. The summed E-state index contributed by atoms with van der Waals surface area (Å²) < 4.78 is 5.61. The number of hydrogen-bond donors (Lipinski definition) is 1. The summed E-state index contributed by atoms with van der Waals surface area (Å²) in [5.74, 6) is 0.121. The average Bonchev–Trinajstić information content (AvgIpc) is 2.96. The molecule has 0 radical (unpaired) electrons. The van der Waals surface area contributed by atoms with Crippen molar-refractivity contribution in [2.75, 3.05) is 6.61 Å². The highest BCUT2D eigenvalue weighted by atomic mass is 35.5. The van der Waals surface area contributed by atoms with E-state index in [-0.39, 0.29) is 6.61 Å². The molecule has 184 valence electrons. The van der Waals surface area contributed by atoms with Crippen LogP contribution in [0.5, 0.6) is 5.75 Å². The number of amides is 1. The smallest absolute Gasteiger partial charge is 0.277 e. The maximum Gasteiger partial charge on any atom is 0.277 e. The monoisotopic (exact) mass is 516 g/mol. The van der Waals surface area contributed by atoms with Gasteiger partial charge in [-0.15, -0.1) is 0 Å². The van der Waals surface area contributed by atoms with Gasteiger partial charge in [0, 0.05) is 21.5 Å². The van der Waals surface area contributed by atoms with Gasteiger partial charge >= 0.3 is 0 Å². The molecule has 0 bridgehead atoms. The average molecular weight is 517 g/mol. The van der Waals surface area contributed by atoms with Crippen LogP contribution in [0.25, 0.3) is 33.3 Å². The highest BCUT2D eigenvalue weighted by Gasteiger charge is 2.11. The summed E-state index contributed by atoms with van der Waals surface area (Å²) in [6, 6.07) is 34.4. The molecular weight excluding hydrogens is 496 g/mol. The summed E-state index contributed by atoms with van der Waals surface area (Å²) in [5, 5.41) is 14.7. The molecule has 5 rings (SSSR count). The number of nitrogens with one attached hydrogen (secondary N) is 1. The third-order valence-corrected chi connectivity index (χ3v) is 6.09. The van der Waals surface area contributed by atoms with Gasteiger partial charge in [-0.3, -0.25) is 4.79 Å². The third kappa shape index (κ3) is 5.70. The van der Waals surface area contributed by atoms with E-state index in [4.69, 9.17) is 26.6 Å². The van der Waals surface area contributed by atoms with Crippen molar-refractivity contribution < 1.29 is 9.53 Å². The van der Waals surface area contributed by atoms with E-state index in [2.05, 4.69) is 34.8 Å². The number of rotatable bonds is 7. The van der Waals surface area contributed by atoms with E-state index >= 15 is 0 Å². The van der Waals surface area contributed by atoms with Crippen LogP contribution in [0.2, 0.25) is 5.02 Å². The lowest BCUT2D eigenvalue weighted by atomic mass is 9.98. The Balaban J connectivity index is 1.29. The van der Waals surface area contributed by atoms with Crippen LogP contribution in [0.3, 0.4) is 0 Å². The van der Waals surface area contributed by atoms with Crippen LogP contribution in [-0.4, -0.2) is 23.7 Å². The minimum absolute atomic E-state index is 0.207. The number of pyridine rings is 1. The lowest BCUT2D eigenvalue weighted by Gasteiger charge is -2.11. The summed E-state index contributed by atoms with van der Waals surface area (Å²) in [6.07, 6.45) is 1.43. The fourth-order valence-corrected chi connectivity index (χ4v) is 4.16. The first kappa shape index (κ1) is 24.7. The summed E-state index contributed by atoms with van der Waals surface area (Å²) in [4.78, 5) is 17.0. The van der Waals surface area contributed by atoms with Crippen LogP contribution < -0.4 is 10.2 Å². The second-order valence-corrected chi connectivity index (χ2v) is 8.82. The molecular formula is C31H21ClN4O2. The van der Waals surface area contributed by atoms with E-state index in [1.165, 1.54) is 6.21 Å². The Morgan fingerprint density at radius 1 is 0.947 bits per heavy atom. The molecule has 0 saturated carbocycles. The van der Waals surface area contributed by atoms with Crippen LogP contribution in [0.15, 0.2) is 108 Å². The predicted molar refractivity (Wildman–Crippen MR) is 150 cm³/mol. The molecule has 0 aliphatic rings. The number of ether oxygens (including phenoxy) is 1. The zero-order chi connectivity index (χ0) is 26.3. The van der Waals surface area contributed by atoms with Gasteiger partial charge in [-0.05, 0) is 59.7 Å². The summed E-state index contributed by atoms with van der Waals surface area (Å²) in [5.41, 5.74) is 8.17. The van der Waals surface area contributed by atoms with E-state index in [0.29, 0.717) is 21.9 Å². The number of aromatic nitrogens is 1. The van der Waals surface area contributed by atoms with Gasteiger partial charge in [-0.2, -0.15) is 10.4 Å². The molecule has 1 N–H and O–H groups in total. The Morgan fingerprint density at radius 2 is 1.71 bits per heavy atom. The Hall–Kier alpha value is -4.99. The zero-order valence-corrected chi connectivity index (χ0v) is 20.9. The molecule has 0 spiro atoms. The highest BCUT2D eigenvalue weighted by molar-refractivity contribution is 6.31. The van der Waals surface area contributed by atoms with Crippen molar-refractivity contribution in [1.29, 1.82) is 5.26 Å². The largest absolute Gasteiger partial charge is 0.484 e. The molecule has 0 fully saturated rings. The van der Waals surface area contributed by atoms with Gasteiger partial charge in [0.05, 0.1) is 29.1 Å². The van der Waals surface area contributed by atoms with Crippen LogP contribution in [0.4, 0.5) is 0 Å². The molecule has 1 heterocycles.